The molecule has 4 N–H and O–H groups in total. The third-order valence-electron chi connectivity index (χ3n) is 1.80. The number of hydrogen-bond donors (Lipinski definition) is 3. The second-order valence-electron chi connectivity index (χ2n) is 3.36. The number of alkyl carbamates (subject to hydrolysis) is 1. The van der Waals surface area contributed by atoms with Crippen LogP contribution in [0.4, 0.5) is 10.6 Å². The van der Waals surface area contributed by atoms with Gasteiger partial charge in [0.1, 0.15) is 11.4 Å². The van der Waals surface area contributed by atoms with E-state index in [1.807, 2.05) is 0 Å². The van der Waals surface area contributed by atoms with Gasteiger partial charge in [-0.2, -0.15) is 5.10 Å². The van der Waals surface area contributed by atoms with Crippen molar-refractivity contribution in [3.05, 3.63) is 11.8 Å². The van der Waals surface area contributed by atoms with Crippen molar-refractivity contribution in [1.29, 1.82) is 0 Å². The molecule has 1 rings (SSSR count). The van der Waals surface area contributed by atoms with Gasteiger partial charge in [-0.1, -0.05) is 0 Å². The zero-order chi connectivity index (χ0) is 10.8. The minimum atomic E-state index is -0.773. The molecule has 6 nitrogen and oxygen atoms in total. The van der Waals surface area contributed by atoms with Gasteiger partial charge in [0.15, 0.2) is 0 Å². The summed E-state index contributed by atoms with van der Waals surface area (Å²) in [5, 5.41) is 8.82. The van der Waals surface area contributed by atoms with E-state index in [1.54, 1.807) is 19.9 Å². The van der Waals surface area contributed by atoms with Crippen molar-refractivity contribution in [2.45, 2.75) is 19.4 Å². The molecule has 0 aliphatic heterocycles. The minimum Gasteiger partial charge on any atom is -0.437 e. The number of nitrogens with two attached hydrogens (primary N) is 1. The zero-order valence-corrected chi connectivity index (χ0v) is 8.42. The summed E-state index contributed by atoms with van der Waals surface area (Å²) in [5.74, 6) is 0.369. The van der Waals surface area contributed by atoms with E-state index < -0.39 is 11.7 Å². The Labute approximate surface area is 81.8 Å². The smallest absolute Gasteiger partial charge is 0.407 e. The lowest BCUT2D eigenvalue weighted by molar-refractivity contribution is 0.0345. The van der Waals surface area contributed by atoms with Crippen LogP contribution < -0.4 is 11.1 Å². The molecule has 0 saturated heterocycles. The van der Waals surface area contributed by atoms with Crippen molar-refractivity contribution in [3.8, 4) is 0 Å². The van der Waals surface area contributed by atoms with Crippen LogP contribution in [0.3, 0.4) is 0 Å². The van der Waals surface area contributed by atoms with Gasteiger partial charge in [-0.15, -0.1) is 0 Å². The van der Waals surface area contributed by atoms with Crippen LogP contribution in [-0.2, 0) is 10.3 Å². The van der Waals surface area contributed by atoms with Gasteiger partial charge in [-0.3, -0.25) is 5.10 Å². The summed E-state index contributed by atoms with van der Waals surface area (Å²) in [5.41, 5.74) is 5.32. The Balaban J connectivity index is 2.79. The molecule has 0 aliphatic rings. The second-order valence-corrected chi connectivity index (χ2v) is 3.36. The Morgan fingerprint density at radius 2 is 2.36 bits per heavy atom. The molecule has 0 radical (unpaired) electrons. The number of aromatic nitrogens is 2. The summed E-state index contributed by atoms with van der Waals surface area (Å²) in [4.78, 5) is 11.0. The lowest BCUT2D eigenvalue weighted by Crippen LogP contribution is -2.31. The number of nitrogens with one attached hydrogen (secondary N) is 2. The molecule has 1 aromatic heterocycles. The van der Waals surface area contributed by atoms with E-state index in [9.17, 15) is 4.79 Å². The number of amides is 1. The number of H-pyrrole nitrogens is 1. The Kier molecular flexibility index (Phi) is 2.64. The van der Waals surface area contributed by atoms with Crippen molar-refractivity contribution in [1.82, 2.24) is 15.5 Å². The van der Waals surface area contributed by atoms with Gasteiger partial charge in [-0.05, 0) is 13.8 Å². The van der Waals surface area contributed by atoms with Crippen LogP contribution in [0.2, 0.25) is 0 Å². The van der Waals surface area contributed by atoms with Gasteiger partial charge < -0.3 is 15.8 Å². The fourth-order valence-corrected chi connectivity index (χ4v) is 0.983. The largest absolute Gasteiger partial charge is 0.437 e. The first-order chi connectivity index (χ1) is 6.45. The van der Waals surface area contributed by atoms with E-state index in [4.69, 9.17) is 10.5 Å². The maximum atomic E-state index is 11.0. The van der Waals surface area contributed by atoms with Crippen LogP contribution in [0.15, 0.2) is 6.07 Å². The van der Waals surface area contributed by atoms with Crippen LogP contribution in [0, 0.1) is 0 Å². The summed E-state index contributed by atoms with van der Waals surface area (Å²) < 4.78 is 5.11. The van der Waals surface area contributed by atoms with E-state index in [0.717, 1.165) is 0 Å². The molecule has 0 bridgehead atoms. The number of ether oxygens (including phenoxy) is 1. The molecule has 1 aromatic rings. The van der Waals surface area contributed by atoms with E-state index in [1.165, 1.54) is 7.05 Å². The van der Waals surface area contributed by atoms with Gasteiger partial charge in [-0.25, -0.2) is 4.79 Å². The summed E-state index contributed by atoms with van der Waals surface area (Å²) in [6, 6.07) is 1.63. The molecule has 0 saturated carbocycles. The predicted octanol–water partition coefficient (Wildman–Crippen LogP) is 0.583. The molecular formula is C8H14N4O2. The van der Waals surface area contributed by atoms with Crippen LogP contribution in [0.1, 0.15) is 19.5 Å². The predicted molar refractivity (Wildman–Crippen MR) is 51.6 cm³/mol. The number of aromatic amines is 1. The molecule has 1 amide bonds. The maximum Gasteiger partial charge on any atom is 0.407 e. The zero-order valence-electron chi connectivity index (χ0n) is 8.42. The van der Waals surface area contributed by atoms with Gasteiger partial charge >= 0.3 is 6.09 Å². The molecule has 0 atom stereocenters. The molecule has 0 unspecified atom stereocenters. The van der Waals surface area contributed by atoms with E-state index >= 15 is 0 Å². The molecule has 0 fully saturated rings. The molecular weight excluding hydrogens is 184 g/mol. The van der Waals surface area contributed by atoms with Crippen LogP contribution in [-0.4, -0.2) is 23.3 Å². The monoisotopic (exact) mass is 198 g/mol. The van der Waals surface area contributed by atoms with Gasteiger partial charge in [0.2, 0.25) is 0 Å². The highest BCUT2D eigenvalue weighted by Gasteiger charge is 2.27. The third kappa shape index (κ3) is 2.15. The van der Waals surface area contributed by atoms with Gasteiger partial charge in [0.05, 0.1) is 5.69 Å². The average molecular weight is 198 g/mol. The number of rotatable bonds is 2. The molecule has 78 valence electrons. The van der Waals surface area contributed by atoms with Crippen molar-refractivity contribution >= 4 is 11.9 Å². The Bertz CT molecular complexity index is 332. The molecule has 0 aromatic carbocycles. The SMILES string of the molecule is CNC(=O)OC(C)(C)c1cc(N)n[nH]1. The normalized spacial score (nSPS) is 11.1. The van der Waals surface area contributed by atoms with Crippen molar-refractivity contribution in [2.24, 2.45) is 0 Å². The lowest BCUT2D eigenvalue weighted by Gasteiger charge is -2.22. The Morgan fingerprint density at radius 1 is 1.71 bits per heavy atom. The van der Waals surface area contributed by atoms with Crippen molar-refractivity contribution < 1.29 is 9.53 Å². The number of carbonyl (C=O) groups excluding carboxylic acids is 1. The number of hydrogen-bond acceptors (Lipinski definition) is 4. The quantitative estimate of drug-likeness (QED) is 0.648. The highest BCUT2D eigenvalue weighted by Crippen LogP contribution is 2.23. The average Bonchev–Trinajstić information content (AvgIpc) is 2.51. The van der Waals surface area contributed by atoms with Crippen LogP contribution >= 0.6 is 0 Å². The minimum absolute atomic E-state index is 0.369. The molecule has 6 heteroatoms. The molecule has 14 heavy (non-hydrogen) atoms. The van der Waals surface area contributed by atoms with Gasteiger partial charge in [0, 0.05) is 13.1 Å². The van der Waals surface area contributed by atoms with Crippen LogP contribution in [0.5, 0.6) is 0 Å². The number of nitrogen functional groups attached to an aromatic ring is 1. The Hall–Kier alpha value is -1.72. The standard InChI is InChI=1S/C8H14N4O2/c1-8(2,14-7(13)10-3)5-4-6(9)12-11-5/h4H,1-3H3,(H,10,13)(H3,9,11,12). The van der Waals surface area contributed by atoms with E-state index in [-0.39, 0.29) is 0 Å². The summed E-state index contributed by atoms with van der Waals surface area (Å²) in [6.45, 7) is 3.49. The van der Waals surface area contributed by atoms with E-state index in [2.05, 4.69) is 15.5 Å². The third-order valence-corrected chi connectivity index (χ3v) is 1.80. The van der Waals surface area contributed by atoms with Gasteiger partial charge in [0.25, 0.3) is 0 Å². The summed E-state index contributed by atoms with van der Waals surface area (Å²) in [7, 11) is 1.50. The van der Waals surface area contributed by atoms with Crippen molar-refractivity contribution in [3.63, 3.8) is 0 Å². The second kappa shape index (κ2) is 3.57. The lowest BCUT2D eigenvalue weighted by atomic mass is 10.1. The molecule has 0 spiro atoms. The van der Waals surface area contributed by atoms with Crippen molar-refractivity contribution in [2.75, 3.05) is 12.8 Å². The highest BCUT2D eigenvalue weighted by atomic mass is 16.6. The molecule has 1 heterocycles. The number of carbonyl (C=O) groups is 1. The van der Waals surface area contributed by atoms with E-state index in [0.29, 0.717) is 11.5 Å². The summed E-state index contributed by atoms with van der Waals surface area (Å²) >= 11 is 0. The van der Waals surface area contributed by atoms with Crippen LogP contribution in [0.25, 0.3) is 0 Å². The summed E-state index contributed by atoms with van der Waals surface area (Å²) in [6.07, 6.45) is -0.497. The fraction of sp³-hybridized carbons (Fsp3) is 0.500. The topological polar surface area (TPSA) is 93.0 Å². The first-order valence-electron chi connectivity index (χ1n) is 4.18. The number of nitrogens with zero attached hydrogens (tertiary/aromatic N) is 1. The first kappa shape index (κ1) is 10.4. The maximum absolute atomic E-state index is 11.0. The Morgan fingerprint density at radius 3 is 2.79 bits per heavy atom. The first-order valence-corrected chi connectivity index (χ1v) is 4.18. The fourth-order valence-electron chi connectivity index (χ4n) is 0.983. The highest BCUT2D eigenvalue weighted by molar-refractivity contribution is 5.67. The number of anilines is 1. The molecule has 0 aliphatic carbocycles.